The molecular weight excluding hydrogens is 256 g/mol. The zero-order valence-corrected chi connectivity index (χ0v) is 11.9. The molecule has 1 aliphatic carbocycles. The predicted octanol–water partition coefficient (Wildman–Crippen LogP) is 4.72. The topological polar surface area (TPSA) is 24.9 Å². The van der Waals surface area contributed by atoms with Crippen LogP contribution in [0.2, 0.25) is 0 Å². The molecule has 0 amide bonds. The SMILES string of the molecule is c1cc(CNc2cccc3ncccc23)cc(C2CC2)c1. The van der Waals surface area contributed by atoms with Crippen molar-refractivity contribution < 1.29 is 0 Å². The van der Waals surface area contributed by atoms with Crippen molar-refractivity contribution in [3.63, 3.8) is 0 Å². The molecule has 1 aromatic heterocycles. The van der Waals surface area contributed by atoms with Gasteiger partial charge in [0.2, 0.25) is 0 Å². The van der Waals surface area contributed by atoms with Crippen LogP contribution in [-0.2, 0) is 6.54 Å². The fourth-order valence-corrected chi connectivity index (χ4v) is 2.83. The van der Waals surface area contributed by atoms with Crippen molar-refractivity contribution >= 4 is 16.6 Å². The molecule has 0 spiro atoms. The maximum atomic E-state index is 4.40. The van der Waals surface area contributed by atoms with Crippen LogP contribution in [0, 0.1) is 0 Å². The zero-order chi connectivity index (χ0) is 14.1. The molecule has 0 saturated heterocycles. The minimum Gasteiger partial charge on any atom is -0.380 e. The minimum absolute atomic E-state index is 0.812. The Morgan fingerprint density at radius 2 is 1.90 bits per heavy atom. The van der Waals surface area contributed by atoms with Gasteiger partial charge >= 0.3 is 0 Å². The lowest BCUT2D eigenvalue weighted by molar-refractivity contribution is 1.09. The number of anilines is 1. The summed E-state index contributed by atoms with van der Waals surface area (Å²) in [5.74, 6) is 0.812. The summed E-state index contributed by atoms with van der Waals surface area (Å²) in [5.41, 5.74) is 5.03. The maximum absolute atomic E-state index is 4.40. The number of hydrogen-bond donors (Lipinski definition) is 1. The Morgan fingerprint density at radius 3 is 2.81 bits per heavy atom. The molecule has 1 fully saturated rings. The van der Waals surface area contributed by atoms with Gasteiger partial charge in [-0.15, -0.1) is 0 Å². The number of hydrogen-bond acceptors (Lipinski definition) is 2. The smallest absolute Gasteiger partial charge is 0.0722 e. The second-order valence-electron chi connectivity index (χ2n) is 5.75. The average Bonchev–Trinajstić information content (AvgIpc) is 3.38. The van der Waals surface area contributed by atoms with Crippen LogP contribution in [0.3, 0.4) is 0 Å². The van der Waals surface area contributed by atoms with Crippen molar-refractivity contribution in [3.05, 3.63) is 71.9 Å². The average molecular weight is 274 g/mol. The number of benzene rings is 2. The first kappa shape index (κ1) is 12.4. The largest absolute Gasteiger partial charge is 0.380 e. The highest BCUT2D eigenvalue weighted by molar-refractivity contribution is 5.91. The van der Waals surface area contributed by atoms with Crippen molar-refractivity contribution in [2.75, 3.05) is 5.32 Å². The molecule has 0 aliphatic heterocycles. The highest BCUT2D eigenvalue weighted by Crippen LogP contribution is 2.40. The number of nitrogens with zero attached hydrogens (tertiary/aromatic N) is 1. The Balaban J connectivity index is 1.56. The molecule has 2 aromatic carbocycles. The Kier molecular flexibility index (Phi) is 3.07. The quantitative estimate of drug-likeness (QED) is 0.744. The molecule has 4 rings (SSSR count). The first-order valence-corrected chi connectivity index (χ1v) is 7.56. The molecule has 1 saturated carbocycles. The number of rotatable bonds is 4. The van der Waals surface area contributed by atoms with Gasteiger partial charge in [-0.2, -0.15) is 0 Å². The van der Waals surface area contributed by atoms with Gasteiger partial charge in [0, 0.05) is 23.8 Å². The molecule has 0 atom stereocenters. The second-order valence-corrected chi connectivity index (χ2v) is 5.75. The van der Waals surface area contributed by atoms with Gasteiger partial charge in [0.05, 0.1) is 5.52 Å². The van der Waals surface area contributed by atoms with E-state index in [-0.39, 0.29) is 0 Å². The van der Waals surface area contributed by atoms with E-state index in [4.69, 9.17) is 0 Å². The summed E-state index contributed by atoms with van der Waals surface area (Å²) in [5, 5.41) is 4.73. The van der Waals surface area contributed by atoms with E-state index in [9.17, 15) is 0 Å². The van der Waals surface area contributed by atoms with Crippen LogP contribution >= 0.6 is 0 Å². The van der Waals surface area contributed by atoms with E-state index in [1.54, 1.807) is 0 Å². The van der Waals surface area contributed by atoms with Crippen LogP contribution in [0.5, 0.6) is 0 Å². The molecule has 1 aliphatic rings. The Morgan fingerprint density at radius 1 is 1.00 bits per heavy atom. The van der Waals surface area contributed by atoms with E-state index >= 15 is 0 Å². The molecule has 0 radical (unpaired) electrons. The van der Waals surface area contributed by atoms with E-state index < -0.39 is 0 Å². The molecule has 0 bridgehead atoms. The third-order valence-corrected chi connectivity index (χ3v) is 4.13. The first-order valence-electron chi connectivity index (χ1n) is 7.56. The van der Waals surface area contributed by atoms with Gasteiger partial charge in [0.15, 0.2) is 0 Å². The summed E-state index contributed by atoms with van der Waals surface area (Å²) in [6.45, 7) is 0.856. The summed E-state index contributed by atoms with van der Waals surface area (Å²) in [7, 11) is 0. The lowest BCUT2D eigenvalue weighted by Crippen LogP contribution is -2.00. The lowest BCUT2D eigenvalue weighted by atomic mass is 10.1. The number of aromatic nitrogens is 1. The van der Waals surface area contributed by atoms with Crippen molar-refractivity contribution in [3.8, 4) is 0 Å². The standard InChI is InChI=1S/C19H18N2/c1-4-14(12-16(5-1)15-9-10-15)13-21-19-8-2-7-18-17(19)6-3-11-20-18/h1-8,11-12,15,21H,9-10,13H2. The second kappa shape index (κ2) is 5.21. The molecule has 3 aromatic rings. The van der Waals surface area contributed by atoms with Crippen LogP contribution in [0.4, 0.5) is 5.69 Å². The third-order valence-electron chi connectivity index (χ3n) is 4.13. The zero-order valence-electron chi connectivity index (χ0n) is 11.9. The van der Waals surface area contributed by atoms with Crippen molar-refractivity contribution in [2.24, 2.45) is 0 Å². The van der Waals surface area contributed by atoms with Crippen LogP contribution in [0.15, 0.2) is 60.8 Å². The summed E-state index contributed by atoms with van der Waals surface area (Å²) in [6, 6.07) is 19.3. The fraction of sp³-hybridized carbons (Fsp3) is 0.211. The van der Waals surface area contributed by atoms with E-state index in [2.05, 4.69) is 52.8 Å². The maximum Gasteiger partial charge on any atom is 0.0722 e. The fourth-order valence-electron chi connectivity index (χ4n) is 2.83. The molecule has 1 heterocycles. The predicted molar refractivity (Wildman–Crippen MR) is 87.5 cm³/mol. The molecule has 0 unspecified atom stereocenters. The molecule has 104 valence electrons. The van der Waals surface area contributed by atoms with Gasteiger partial charge in [-0.05, 0) is 54.2 Å². The summed E-state index contributed by atoms with van der Waals surface area (Å²) < 4.78 is 0. The van der Waals surface area contributed by atoms with E-state index in [0.717, 1.165) is 23.7 Å². The number of fused-ring (bicyclic) bond motifs is 1. The van der Waals surface area contributed by atoms with E-state index in [1.165, 1.54) is 29.4 Å². The van der Waals surface area contributed by atoms with E-state index in [1.807, 2.05) is 18.3 Å². The molecule has 21 heavy (non-hydrogen) atoms. The van der Waals surface area contributed by atoms with Crippen molar-refractivity contribution in [1.82, 2.24) is 4.98 Å². The van der Waals surface area contributed by atoms with Crippen LogP contribution in [0.1, 0.15) is 29.9 Å². The van der Waals surface area contributed by atoms with Gasteiger partial charge in [-0.3, -0.25) is 4.98 Å². The number of pyridine rings is 1. The highest BCUT2D eigenvalue weighted by atomic mass is 14.9. The Labute approximate surface area is 124 Å². The molecular formula is C19H18N2. The van der Waals surface area contributed by atoms with Crippen LogP contribution in [0.25, 0.3) is 10.9 Å². The summed E-state index contributed by atoms with van der Waals surface area (Å²) >= 11 is 0. The Bertz CT molecular complexity index is 770. The van der Waals surface area contributed by atoms with Gasteiger partial charge in [0.1, 0.15) is 0 Å². The molecule has 2 heteroatoms. The highest BCUT2D eigenvalue weighted by Gasteiger charge is 2.23. The van der Waals surface area contributed by atoms with Crippen LogP contribution < -0.4 is 5.32 Å². The van der Waals surface area contributed by atoms with Gasteiger partial charge in [-0.25, -0.2) is 0 Å². The summed E-state index contributed by atoms with van der Waals surface area (Å²) in [6.07, 6.45) is 4.54. The summed E-state index contributed by atoms with van der Waals surface area (Å²) in [4.78, 5) is 4.40. The lowest BCUT2D eigenvalue weighted by Gasteiger charge is -2.10. The normalized spacial score (nSPS) is 14.3. The van der Waals surface area contributed by atoms with Gasteiger partial charge < -0.3 is 5.32 Å². The van der Waals surface area contributed by atoms with E-state index in [0.29, 0.717) is 0 Å². The third kappa shape index (κ3) is 2.62. The van der Waals surface area contributed by atoms with Gasteiger partial charge in [0.25, 0.3) is 0 Å². The monoisotopic (exact) mass is 274 g/mol. The Hall–Kier alpha value is -2.35. The minimum atomic E-state index is 0.812. The number of nitrogens with one attached hydrogen (secondary N) is 1. The van der Waals surface area contributed by atoms with Gasteiger partial charge in [-0.1, -0.05) is 30.3 Å². The van der Waals surface area contributed by atoms with Crippen molar-refractivity contribution in [2.45, 2.75) is 25.3 Å². The van der Waals surface area contributed by atoms with Crippen LogP contribution in [-0.4, -0.2) is 4.98 Å². The molecule has 2 nitrogen and oxygen atoms in total. The van der Waals surface area contributed by atoms with Crippen molar-refractivity contribution in [1.29, 1.82) is 0 Å². The molecule has 1 N–H and O–H groups in total. The first-order chi connectivity index (χ1) is 10.4.